The van der Waals surface area contributed by atoms with Gasteiger partial charge in [0.2, 0.25) is 0 Å². The summed E-state index contributed by atoms with van der Waals surface area (Å²) in [7, 11) is 0. The molecule has 0 bridgehead atoms. The van der Waals surface area contributed by atoms with Crippen molar-refractivity contribution in [3.05, 3.63) is 80.9 Å². The van der Waals surface area contributed by atoms with E-state index in [2.05, 4.69) is 0 Å². The van der Waals surface area contributed by atoms with Crippen LogP contribution >= 0.6 is 0 Å². The minimum absolute atomic E-state index is 0.0765. The summed E-state index contributed by atoms with van der Waals surface area (Å²) in [6.45, 7) is 2.65. The molecule has 8 heteroatoms. The van der Waals surface area contributed by atoms with Crippen molar-refractivity contribution in [1.29, 1.82) is 0 Å². The number of benzene rings is 2. The van der Waals surface area contributed by atoms with Crippen LogP contribution in [-0.4, -0.2) is 45.9 Å². The first-order chi connectivity index (χ1) is 14.9. The van der Waals surface area contributed by atoms with Crippen LogP contribution in [0.25, 0.3) is 5.76 Å². The van der Waals surface area contributed by atoms with Gasteiger partial charge >= 0.3 is 0 Å². The lowest BCUT2D eigenvalue weighted by Crippen LogP contribution is -2.36. The molecule has 0 radical (unpaired) electrons. The molecule has 2 aromatic carbocycles. The molecule has 4 rings (SSSR count). The first-order valence-corrected chi connectivity index (χ1v) is 10.1. The maximum Gasteiger partial charge on any atom is 0.295 e. The van der Waals surface area contributed by atoms with Crippen molar-refractivity contribution in [3.63, 3.8) is 0 Å². The fourth-order valence-corrected chi connectivity index (χ4v) is 4.10. The highest BCUT2D eigenvalue weighted by Gasteiger charge is 2.47. The van der Waals surface area contributed by atoms with Crippen molar-refractivity contribution in [3.8, 4) is 0 Å². The van der Waals surface area contributed by atoms with E-state index in [9.17, 15) is 24.8 Å². The van der Waals surface area contributed by atoms with Gasteiger partial charge in [0.15, 0.2) is 0 Å². The molecule has 2 aromatic rings. The van der Waals surface area contributed by atoms with Gasteiger partial charge in [-0.05, 0) is 25.3 Å². The Hall–Kier alpha value is -3.52. The first kappa shape index (κ1) is 20.7. The molecular weight excluding hydrogens is 400 g/mol. The number of nitro benzene ring substituents is 1. The molecule has 1 amide bonds. The number of nitrogens with zero attached hydrogens (tertiary/aromatic N) is 2. The number of carbonyl (C=O) groups is 2. The lowest BCUT2D eigenvalue weighted by atomic mass is 9.94. The summed E-state index contributed by atoms with van der Waals surface area (Å²) in [5, 5.41) is 22.3. The Morgan fingerprint density at radius 3 is 2.61 bits per heavy atom. The van der Waals surface area contributed by atoms with Gasteiger partial charge in [0, 0.05) is 30.8 Å². The second-order valence-corrected chi connectivity index (χ2v) is 7.80. The van der Waals surface area contributed by atoms with E-state index in [-0.39, 0.29) is 29.7 Å². The number of likely N-dealkylation sites (tertiary alicyclic amines) is 1. The number of non-ortho nitro benzene ring substituents is 1. The van der Waals surface area contributed by atoms with Crippen LogP contribution in [0.3, 0.4) is 0 Å². The molecule has 8 nitrogen and oxygen atoms in total. The largest absolute Gasteiger partial charge is 0.507 e. The van der Waals surface area contributed by atoms with Gasteiger partial charge in [0.05, 0.1) is 22.6 Å². The Labute approximate surface area is 178 Å². The van der Waals surface area contributed by atoms with Crippen molar-refractivity contribution in [1.82, 2.24) is 4.90 Å². The van der Waals surface area contributed by atoms with Crippen molar-refractivity contribution >= 4 is 23.1 Å². The van der Waals surface area contributed by atoms with Gasteiger partial charge in [-0.15, -0.1) is 0 Å². The van der Waals surface area contributed by atoms with Gasteiger partial charge in [0.1, 0.15) is 5.76 Å². The maximum atomic E-state index is 13.0. The number of amides is 1. The van der Waals surface area contributed by atoms with E-state index in [4.69, 9.17) is 4.74 Å². The van der Waals surface area contributed by atoms with Crippen LogP contribution in [-0.2, 0) is 14.3 Å². The smallest absolute Gasteiger partial charge is 0.295 e. The first-order valence-electron chi connectivity index (χ1n) is 10.1. The highest BCUT2D eigenvalue weighted by atomic mass is 16.6. The molecule has 0 aliphatic carbocycles. The van der Waals surface area contributed by atoms with Gasteiger partial charge in [-0.2, -0.15) is 0 Å². The Morgan fingerprint density at radius 2 is 1.97 bits per heavy atom. The second-order valence-electron chi connectivity index (χ2n) is 7.80. The lowest BCUT2D eigenvalue weighted by Gasteiger charge is -2.27. The average Bonchev–Trinajstić information content (AvgIpc) is 3.36. The summed E-state index contributed by atoms with van der Waals surface area (Å²) >= 11 is 0. The molecular formula is C23H22N2O6. The van der Waals surface area contributed by atoms with Gasteiger partial charge in [-0.3, -0.25) is 19.7 Å². The van der Waals surface area contributed by atoms with E-state index in [1.165, 1.54) is 23.1 Å². The minimum atomic E-state index is -0.939. The highest BCUT2D eigenvalue weighted by molar-refractivity contribution is 6.46. The Kier molecular flexibility index (Phi) is 5.56. The zero-order chi connectivity index (χ0) is 22.1. The molecule has 0 aromatic heterocycles. The van der Waals surface area contributed by atoms with Gasteiger partial charge in [-0.1, -0.05) is 42.0 Å². The summed E-state index contributed by atoms with van der Waals surface area (Å²) in [5.41, 5.74) is 1.53. The Morgan fingerprint density at radius 1 is 1.23 bits per heavy atom. The molecule has 2 heterocycles. The van der Waals surface area contributed by atoms with E-state index in [1.54, 1.807) is 30.3 Å². The predicted molar refractivity (Wildman–Crippen MR) is 112 cm³/mol. The molecule has 1 N–H and O–H groups in total. The minimum Gasteiger partial charge on any atom is -0.507 e. The van der Waals surface area contributed by atoms with Crippen molar-refractivity contribution in [2.45, 2.75) is 31.9 Å². The number of hydrogen-bond acceptors (Lipinski definition) is 6. The molecule has 31 heavy (non-hydrogen) atoms. The topological polar surface area (TPSA) is 110 Å². The van der Waals surface area contributed by atoms with Crippen LogP contribution in [0.5, 0.6) is 0 Å². The van der Waals surface area contributed by atoms with Crippen LogP contribution in [0.15, 0.2) is 54.1 Å². The number of aliphatic hydroxyl groups excluding tert-OH is 1. The molecule has 2 fully saturated rings. The molecule has 0 spiro atoms. The third-order valence-electron chi connectivity index (χ3n) is 5.69. The van der Waals surface area contributed by atoms with Crippen molar-refractivity contribution in [2.24, 2.45) is 0 Å². The summed E-state index contributed by atoms with van der Waals surface area (Å²) in [5.74, 6) is -1.86. The zero-order valence-electron chi connectivity index (χ0n) is 17.0. The van der Waals surface area contributed by atoms with E-state index in [0.717, 1.165) is 18.4 Å². The Balaban J connectivity index is 1.85. The normalized spacial score (nSPS) is 22.8. The average molecular weight is 422 g/mol. The summed E-state index contributed by atoms with van der Waals surface area (Å²) in [6, 6.07) is 11.8. The lowest BCUT2D eigenvalue weighted by molar-refractivity contribution is -0.384. The van der Waals surface area contributed by atoms with Crippen LogP contribution in [0.4, 0.5) is 5.69 Å². The van der Waals surface area contributed by atoms with Crippen LogP contribution in [0.1, 0.15) is 35.6 Å². The van der Waals surface area contributed by atoms with Gasteiger partial charge in [0.25, 0.3) is 17.4 Å². The Bertz CT molecular complexity index is 1070. The van der Waals surface area contributed by atoms with Gasteiger partial charge < -0.3 is 14.7 Å². The number of nitro groups is 1. The molecule has 2 aliphatic heterocycles. The fourth-order valence-electron chi connectivity index (χ4n) is 4.10. The molecule has 2 saturated heterocycles. The van der Waals surface area contributed by atoms with Gasteiger partial charge in [-0.25, -0.2) is 0 Å². The maximum absolute atomic E-state index is 13.0. The number of aryl methyl sites for hydroxylation is 1. The summed E-state index contributed by atoms with van der Waals surface area (Å²) < 4.78 is 5.65. The van der Waals surface area contributed by atoms with Crippen LogP contribution in [0.2, 0.25) is 0 Å². The number of ketones is 1. The second kappa shape index (κ2) is 8.31. The number of hydrogen-bond donors (Lipinski definition) is 1. The summed E-state index contributed by atoms with van der Waals surface area (Å²) in [4.78, 5) is 38.1. The third kappa shape index (κ3) is 3.94. The molecule has 2 atom stereocenters. The number of carbonyl (C=O) groups excluding carboxylic acids is 2. The quantitative estimate of drug-likeness (QED) is 0.260. The van der Waals surface area contributed by atoms with E-state index in [1.807, 2.05) is 6.92 Å². The SMILES string of the molecule is Cc1ccc(C(O)=C2C(=O)C(=O)N(C[C@@H]3CCCO3)[C@@H]2c2cccc([N+](=O)[O-])c2)cc1. The van der Waals surface area contributed by atoms with Crippen molar-refractivity contribution in [2.75, 3.05) is 13.2 Å². The number of ether oxygens (including phenoxy) is 1. The molecule has 0 saturated carbocycles. The van der Waals surface area contributed by atoms with Crippen LogP contribution in [0, 0.1) is 17.0 Å². The molecule has 160 valence electrons. The van der Waals surface area contributed by atoms with Crippen LogP contribution < -0.4 is 0 Å². The standard InChI is InChI=1S/C23H22N2O6/c1-14-7-9-15(10-8-14)21(26)19-20(16-4-2-5-17(12-16)25(29)30)24(23(28)22(19)27)13-18-6-3-11-31-18/h2,4-5,7-10,12,18,20,26H,3,6,11,13H2,1H3/t18-,20+/m0/s1. The third-order valence-corrected chi connectivity index (χ3v) is 5.69. The number of aliphatic hydroxyl groups is 1. The van der Waals surface area contributed by atoms with E-state index >= 15 is 0 Å². The predicted octanol–water partition coefficient (Wildman–Crippen LogP) is 3.50. The highest BCUT2D eigenvalue weighted by Crippen LogP contribution is 2.40. The van der Waals surface area contributed by atoms with Crippen molar-refractivity contribution < 1.29 is 24.4 Å². The molecule has 2 aliphatic rings. The fraction of sp³-hybridized carbons (Fsp3) is 0.304. The van der Waals surface area contributed by atoms with E-state index in [0.29, 0.717) is 17.7 Å². The monoisotopic (exact) mass is 422 g/mol. The summed E-state index contributed by atoms with van der Waals surface area (Å²) in [6.07, 6.45) is 1.39. The van der Waals surface area contributed by atoms with E-state index < -0.39 is 22.7 Å². The number of rotatable bonds is 5. The zero-order valence-corrected chi connectivity index (χ0v) is 17.0. The molecule has 0 unspecified atom stereocenters. The number of Topliss-reactive ketones (excluding diaryl/α,β-unsaturated/α-hetero) is 1.